The van der Waals surface area contributed by atoms with Gasteiger partial charge in [0.1, 0.15) is 0 Å². The van der Waals surface area contributed by atoms with E-state index in [1.165, 1.54) is 0 Å². The van der Waals surface area contributed by atoms with Crippen LogP contribution in [0.5, 0.6) is 5.75 Å². The molecule has 1 N–H and O–H groups in total. The predicted octanol–water partition coefficient (Wildman–Crippen LogP) is 2.98. The van der Waals surface area contributed by atoms with Crippen molar-refractivity contribution in [3.63, 3.8) is 0 Å². The summed E-state index contributed by atoms with van der Waals surface area (Å²) in [4.78, 5) is 8.54. The maximum absolute atomic E-state index is 5.64. The zero-order chi connectivity index (χ0) is 12.6. The van der Waals surface area contributed by atoms with Crippen molar-refractivity contribution in [3.8, 4) is 5.75 Å². The van der Waals surface area contributed by atoms with Crippen LogP contribution in [0, 0.1) is 0 Å². The van der Waals surface area contributed by atoms with Gasteiger partial charge in [-0.15, -0.1) is 11.3 Å². The van der Waals surface area contributed by atoms with Crippen LogP contribution in [-0.2, 0) is 6.42 Å². The van der Waals surface area contributed by atoms with Gasteiger partial charge in [-0.25, -0.2) is 9.97 Å². The number of aromatic nitrogens is 2. The number of nitrogens with one attached hydrogen (secondary N) is 1. The number of nitrogens with zero attached hydrogens (tertiary/aromatic N) is 2. The Morgan fingerprint density at radius 3 is 3.11 bits per heavy atom. The first-order chi connectivity index (χ1) is 8.90. The van der Waals surface area contributed by atoms with Crippen molar-refractivity contribution < 1.29 is 4.74 Å². The summed E-state index contributed by atoms with van der Waals surface area (Å²) >= 11 is 1.62. The Balaban J connectivity index is 1.87. The van der Waals surface area contributed by atoms with Crippen LogP contribution in [0.3, 0.4) is 0 Å². The third-order valence-corrected chi connectivity index (χ3v) is 3.02. The molecule has 2 aromatic rings. The number of rotatable bonds is 7. The summed E-state index contributed by atoms with van der Waals surface area (Å²) in [6, 6.07) is 3.82. The third-order valence-electron chi connectivity index (χ3n) is 2.39. The molecule has 96 valence electrons. The number of hydrogen-bond donors (Lipinski definition) is 1. The van der Waals surface area contributed by atoms with Crippen molar-refractivity contribution in [1.29, 1.82) is 0 Å². The molecule has 18 heavy (non-hydrogen) atoms. The van der Waals surface area contributed by atoms with E-state index in [9.17, 15) is 0 Å². The SMILES string of the molecule is CCCOc1cccnc1NCCc1cscn1. The van der Waals surface area contributed by atoms with Gasteiger partial charge in [-0.05, 0) is 18.6 Å². The minimum Gasteiger partial charge on any atom is -0.490 e. The van der Waals surface area contributed by atoms with Crippen molar-refractivity contribution in [2.75, 3.05) is 18.5 Å². The van der Waals surface area contributed by atoms with E-state index < -0.39 is 0 Å². The fourth-order valence-electron chi connectivity index (χ4n) is 1.52. The van der Waals surface area contributed by atoms with Gasteiger partial charge in [-0.3, -0.25) is 0 Å². The molecule has 0 atom stereocenters. The lowest BCUT2D eigenvalue weighted by Crippen LogP contribution is -2.08. The highest BCUT2D eigenvalue weighted by atomic mass is 32.1. The number of ether oxygens (including phenoxy) is 1. The summed E-state index contributed by atoms with van der Waals surface area (Å²) in [5.41, 5.74) is 2.96. The van der Waals surface area contributed by atoms with Crippen LogP contribution < -0.4 is 10.1 Å². The van der Waals surface area contributed by atoms with E-state index in [2.05, 4.69) is 27.6 Å². The molecule has 0 spiro atoms. The smallest absolute Gasteiger partial charge is 0.168 e. The van der Waals surface area contributed by atoms with Gasteiger partial charge in [0, 0.05) is 24.5 Å². The van der Waals surface area contributed by atoms with Crippen LogP contribution >= 0.6 is 11.3 Å². The summed E-state index contributed by atoms with van der Waals surface area (Å²) in [7, 11) is 0. The second-order valence-corrected chi connectivity index (χ2v) is 4.57. The van der Waals surface area contributed by atoms with E-state index in [1.54, 1.807) is 17.5 Å². The van der Waals surface area contributed by atoms with E-state index in [0.29, 0.717) is 6.61 Å². The second kappa shape index (κ2) is 6.96. The largest absolute Gasteiger partial charge is 0.490 e. The van der Waals surface area contributed by atoms with E-state index in [4.69, 9.17) is 4.74 Å². The fourth-order valence-corrected chi connectivity index (χ4v) is 2.11. The summed E-state index contributed by atoms with van der Waals surface area (Å²) < 4.78 is 5.64. The number of pyridine rings is 1. The summed E-state index contributed by atoms with van der Waals surface area (Å²) in [5.74, 6) is 1.62. The molecule has 0 aliphatic heterocycles. The van der Waals surface area contributed by atoms with Gasteiger partial charge < -0.3 is 10.1 Å². The molecule has 0 saturated carbocycles. The van der Waals surface area contributed by atoms with Gasteiger partial charge in [-0.1, -0.05) is 6.92 Å². The fraction of sp³-hybridized carbons (Fsp3) is 0.385. The Hall–Kier alpha value is -1.62. The number of thiazole rings is 1. The first kappa shape index (κ1) is 12.8. The van der Waals surface area contributed by atoms with Gasteiger partial charge >= 0.3 is 0 Å². The Kier molecular flexibility index (Phi) is 4.96. The second-order valence-electron chi connectivity index (χ2n) is 3.86. The maximum Gasteiger partial charge on any atom is 0.168 e. The van der Waals surface area contributed by atoms with Crippen molar-refractivity contribution in [3.05, 3.63) is 34.9 Å². The van der Waals surface area contributed by atoms with Gasteiger partial charge in [0.25, 0.3) is 0 Å². The minimum absolute atomic E-state index is 0.715. The lowest BCUT2D eigenvalue weighted by molar-refractivity contribution is 0.318. The Morgan fingerprint density at radius 2 is 2.33 bits per heavy atom. The van der Waals surface area contributed by atoms with Crippen molar-refractivity contribution >= 4 is 17.2 Å². The molecule has 0 aromatic carbocycles. The normalized spacial score (nSPS) is 10.3. The molecule has 2 aromatic heterocycles. The van der Waals surface area contributed by atoms with Crippen molar-refractivity contribution in [2.24, 2.45) is 0 Å². The standard InChI is InChI=1S/C13H17N3OS/c1-2-8-17-12-4-3-6-14-13(12)15-7-5-11-9-18-10-16-11/h3-4,6,9-10H,2,5,7-8H2,1H3,(H,14,15). The van der Waals surface area contributed by atoms with Crippen LogP contribution in [-0.4, -0.2) is 23.1 Å². The van der Waals surface area contributed by atoms with E-state index in [-0.39, 0.29) is 0 Å². The minimum atomic E-state index is 0.715. The summed E-state index contributed by atoms with van der Waals surface area (Å²) in [6.45, 7) is 3.61. The first-order valence-electron chi connectivity index (χ1n) is 6.09. The van der Waals surface area contributed by atoms with Crippen LogP contribution in [0.2, 0.25) is 0 Å². The van der Waals surface area contributed by atoms with Gasteiger partial charge in [0.05, 0.1) is 17.8 Å². The van der Waals surface area contributed by atoms with E-state index in [1.807, 2.05) is 17.6 Å². The lowest BCUT2D eigenvalue weighted by atomic mass is 10.3. The molecule has 0 bridgehead atoms. The first-order valence-corrected chi connectivity index (χ1v) is 7.03. The van der Waals surface area contributed by atoms with E-state index >= 15 is 0 Å². The molecule has 0 radical (unpaired) electrons. The zero-order valence-electron chi connectivity index (χ0n) is 10.4. The topological polar surface area (TPSA) is 47.0 Å². The van der Waals surface area contributed by atoms with E-state index in [0.717, 1.165) is 36.6 Å². The molecular weight excluding hydrogens is 246 g/mol. The molecule has 0 aliphatic rings. The Morgan fingerprint density at radius 1 is 1.39 bits per heavy atom. The maximum atomic E-state index is 5.64. The van der Waals surface area contributed by atoms with Crippen LogP contribution in [0.25, 0.3) is 0 Å². The average Bonchev–Trinajstić information content (AvgIpc) is 2.91. The number of anilines is 1. The lowest BCUT2D eigenvalue weighted by Gasteiger charge is -2.10. The summed E-state index contributed by atoms with van der Waals surface area (Å²) in [6.07, 6.45) is 3.66. The molecule has 4 nitrogen and oxygen atoms in total. The highest BCUT2D eigenvalue weighted by Crippen LogP contribution is 2.20. The average molecular weight is 263 g/mol. The third kappa shape index (κ3) is 3.70. The molecule has 0 aliphatic carbocycles. The molecule has 0 fully saturated rings. The van der Waals surface area contributed by atoms with Crippen molar-refractivity contribution in [1.82, 2.24) is 9.97 Å². The monoisotopic (exact) mass is 263 g/mol. The molecule has 5 heteroatoms. The Labute approximate surface area is 111 Å². The molecule has 0 unspecified atom stereocenters. The molecule has 2 heterocycles. The number of hydrogen-bond acceptors (Lipinski definition) is 5. The molecule has 2 rings (SSSR count). The van der Waals surface area contributed by atoms with Crippen molar-refractivity contribution in [2.45, 2.75) is 19.8 Å². The predicted molar refractivity (Wildman–Crippen MR) is 74.3 cm³/mol. The highest BCUT2D eigenvalue weighted by molar-refractivity contribution is 7.07. The van der Waals surface area contributed by atoms with Crippen LogP contribution in [0.15, 0.2) is 29.2 Å². The van der Waals surface area contributed by atoms with Crippen LogP contribution in [0.1, 0.15) is 19.0 Å². The molecular formula is C13H17N3OS. The summed E-state index contributed by atoms with van der Waals surface area (Å²) in [5, 5.41) is 5.35. The van der Waals surface area contributed by atoms with Gasteiger partial charge in [0.15, 0.2) is 11.6 Å². The molecule has 0 saturated heterocycles. The molecule has 0 amide bonds. The Bertz CT molecular complexity index is 459. The van der Waals surface area contributed by atoms with Crippen LogP contribution in [0.4, 0.5) is 5.82 Å². The quantitative estimate of drug-likeness (QED) is 0.834. The van der Waals surface area contributed by atoms with Gasteiger partial charge in [-0.2, -0.15) is 0 Å². The zero-order valence-corrected chi connectivity index (χ0v) is 11.2. The highest BCUT2D eigenvalue weighted by Gasteiger charge is 2.03. The van der Waals surface area contributed by atoms with Gasteiger partial charge in [0.2, 0.25) is 0 Å².